The average Bonchev–Trinajstić information content (AvgIpc) is 2.00. The van der Waals surface area contributed by atoms with Crippen molar-refractivity contribution in [2.24, 2.45) is 0 Å². The number of carboxylic acid groups (broad SMARTS) is 1. The number of aliphatic hydroxyl groups excluding tert-OH is 1. The highest BCUT2D eigenvalue weighted by Gasteiger charge is 2.10. The predicted octanol–water partition coefficient (Wildman–Crippen LogP) is 0.0798. The van der Waals surface area contributed by atoms with E-state index in [2.05, 4.69) is 5.32 Å². The van der Waals surface area contributed by atoms with Gasteiger partial charge < -0.3 is 15.5 Å². The maximum absolute atomic E-state index is 11.2. The van der Waals surface area contributed by atoms with Gasteiger partial charge in [-0.3, -0.25) is 9.59 Å². The van der Waals surface area contributed by atoms with Crippen molar-refractivity contribution in [2.45, 2.75) is 32.4 Å². The molecule has 0 spiro atoms. The lowest BCUT2D eigenvalue weighted by atomic mass is 10.1. The van der Waals surface area contributed by atoms with Gasteiger partial charge in [-0.25, -0.2) is 0 Å². The summed E-state index contributed by atoms with van der Waals surface area (Å²) in [5.41, 5.74) is 0. The first kappa shape index (κ1) is 14.2. The Morgan fingerprint density at radius 1 is 1.33 bits per heavy atom. The summed E-state index contributed by atoms with van der Waals surface area (Å²) >= 11 is 1.06. The standard InChI is InChI=1S/C9H17NO4S/c1-6(3-7(2)11)10-8(12)4-15-5-9(13)14/h6-7,11H,3-5H2,1-2H3,(H,10,12)(H,13,14). The molecule has 0 bridgehead atoms. The Morgan fingerprint density at radius 3 is 2.40 bits per heavy atom. The number of rotatable bonds is 7. The highest BCUT2D eigenvalue weighted by Crippen LogP contribution is 2.01. The molecule has 0 radical (unpaired) electrons. The quantitative estimate of drug-likeness (QED) is 0.582. The van der Waals surface area contributed by atoms with E-state index in [0.717, 1.165) is 11.8 Å². The summed E-state index contributed by atoms with van der Waals surface area (Å²) in [5.74, 6) is -1.06. The molecule has 0 fully saturated rings. The van der Waals surface area contributed by atoms with Crippen molar-refractivity contribution in [3.63, 3.8) is 0 Å². The van der Waals surface area contributed by atoms with Crippen LogP contribution >= 0.6 is 11.8 Å². The molecule has 1 amide bonds. The van der Waals surface area contributed by atoms with Gasteiger partial charge in [-0.2, -0.15) is 0 Å². The molecule has 0 aliphatic heterocycles. The molecule has 2 atom stereocenters. The van der Waals surface area contributed by atoms with E-state index in [0.29, 0.717) is 6.42 Å². The Morgan fingerprint density at radius 2 is 1.93 bits per heavy atom. The Bertz CT molecular complexity index is 220. The number of carbonyl (C=O) groups excluding carboxylic acids is 1. The third-order valence-electron chi connectivity index (χ3n) is 1.56. The summed E-state index contributed by atoms with van der Waals surface area (Å²) < 4.78 is 0. The topological polar surface area (TPSA) is 86.6 Å². The van der Waals surface area contributed by atoms with E-state index < -0.39 is 12.1 Å². The van der Waals surface area contributed by atoms with E-state index in [4.69, 9.17) is 10.2 Å². The first-order valence-corrected chi connectivity index (χ1v) is 5.84. The smallest absolute Gasteiger partial charge is 0.313 e. The molecule has 0 rings (SSSR count). The zero-order chi connectivity index (χ0) is 11.8. The van der Waals surface area contributed by atoms with Gasteiger partial charge in [0.05, 0.1) is 17.6 Å². The van der Waals surface area contributed by atoms with Gasteiger partial charge >= 0.3 is 5.97 Å². The van der Waals surface area contributed by atoms with Crippen LogP contribution < -0.4 is 5.32 Å². The van der Waals surface area contributed by atoms with E-state index >= 15 is 0 Å². The largest absolute Gasteiger partial charge is 0.481 e. The van der Waals surface area contributed by atoms with Crippen molar-refractivity contribution in [3.8, 4) is 0 Å². The van der Waals surface area contributed by atoms with E-state index in [9.17, 15) is 9.59 Å². The van der Waals surface area contributed by atoms with Crippen molar-refractivity contribution in [3.05, 3.63) is 0 Å². The van der Waals surface area contributed by atoms with E-state index in [1.54, 1.807) is 13.8 Å². The summed E-state index contributed by atoms with van der Waals surface area (Å²) in [6.45, 7) is 3.45. The molecular weight excluding hydrogens is 218 g/mol. The van der Waals surface area contributed by atoms with Crippen LogP contribution in [0.25, 0.3) is 0 Å². The minimum absolute atomic E-state index is 0.0712. The number of carboxylic acids is 1. The Labute approximate surface area is 93.2 Å². The molecule has 0 saturated carbocycles. The van der Waals surface area contributed by atoms with Crippen LogP contribution in [-0.2, 0) is 9.59 Å². The van der Waals surface area contributed by atoms with Crippen molar-refractivity contribution in [1.82, 2.24) is 5.32 Å². The lowest BCUT2D eigenvalue weighted by Gasteiger charge is -2.14. The molecule has 0 aliphatic carbocycles. The molecule has 0 aromatic carbocycles. The van der Waals surface area contributed by atoms with Crippen LogP contribution in [-0.4, -0.2) is 45.7 Å². The number of amides is 1. The lowest BCUT2D eigenvalue weighted by Crippen LogP contribution is -2.35. The number of carbonyl (C=O) groups is 2. The summed E-state index contributed by atoms with van der Waals surface area (Å²) in [7, 11) is 0. The maximum Gasteiger partial charge on any atom is 0.313 e. The second-order valence-electron chi connectivity index (χ2n) is 3.44. The number of hydrogen-bond donors (Lipinski definition) is 3. The lowest BCUT2D eigenvalue weighted by molar-refractivity contribution is -0.133. The fourth-order valence-electron chi connectivity index (χ4n) is 1.12. The Balaban J connectivity index is 3.60. The number of thioether (sulfide) groups is 1. The minimum atomic E-state index is -0.926. The van der Waals surface area contributed by atoms with E-state index in [1.807, 2.05) is 0 Å². The first-order valence-electron chi connectivity index (χ1n) is 4.68. The van der Waals surface area contributed by atoms with Gasteiger partial charge in [0.25, 0.3) is 0 Å². The maximum atomic E-state index is 11.2. The van der Waals surface area contributed by atoms with Crippen LogP contribution in [0.5, 0.6) is 0 Å². The number of hydrogen-bond acceptors (Lipinski definition) is 4. The highest BCUT2D eigenvalue weighted by molar-refractivity contribution is 8.00. The van der Waals surface area contributed by atoms with Crippen LogP contribution in [0.1, 0.15) is 20.3 Å². The highest BCUT2D eigenvalue weighted by atomic mass is 32.2. The van der Waals surface area contributed by atoms with Gasteiger partial charge in [0.2, 0.25) is 5.91 Å². The summed E-state index contributed by atoms with van der Waals surface area (Å²) in [4.78, 5) is 21.4. The van der Waals surface area contributed by atoms with Gasteiger partial charge in [-0.15, -0.1) is 11.8 Å². The zero-order valence-corrected chi connectivity index (χ0v) is 9.71. The molecule has 88 valence electrons. The molecule has 0 aromatic rings. The normalized spacial score (nSPS) is 14.3. The van der Waals surface area contributed by atoms with Crippen molar-refractivity contribution in [1.29, 1.82) is 0 Å². The van der Waals surface area contributed by atoms with Crippen LogP contribution in [0.15, 0.2) is 0 Å². The van der Waals surface area contributed by atoms with Crippen LogP contribution in [0.4, 0.5) is 0 Å². The van der Waals surface area contributed by atoms with Gasteiger partial charge in [0.15, 0.2) is 0 Å². The summed E-state index contributed by atoms with van der Waals surface area (Å²) in [6, 6.07) is -0.0945. The van der Waals surface area contributed by atoms with Crippen LogP contribution in [0.3, 0.4) is 0 Å². The van der Waals surface area contributed by atoms with E-state index in [-0.39, 0.29) is 23.5 Å². The third-order valence-corrected chi connectivity index (χ3v) is 2.48. The average molecular weight is 235 g/mol. The fourth-order valence-corrected chi connectivity index (χ4v) is 1.66. The molecule has 6 heteroatoms. The van der Waals surface area contributed by atoms with Gasteiger partial charge in [-0.05, 0) is 20.3 Å². The summed E-state index contributed by atoms with van der Waals surface area (Å²) in [6.07, 6.45) is 0.0435. The molecule has 2 unspecified atom stereocenters. The molecule has 15 heavy (non-hydrogen) atoms. The molecule has 0 saturated heterocycles. The molecule has 0 heterocycles. The number of aliphatic carboxylic acids is 1. The SMILES string of the molecule is CC(O)CC(C)NC(=O)CSCC(=O)O. The first-order chi connectivity index (χ1) is 6.91. The number of aliphatic hydroxyl groups is 1. The van der Waals surface area contributed by atoms with Gasteiger partial charge in [-0.1, -0.05) is 0 Å². The summed E-state index contributed by atoms with van der Waals surface area (Å²) in [5, 5.41) is 20.1. The molecule has 0 aromatic heterocycles. The van der Waals surface area contributed by atoms with Crippen molar-refractivity contribution in [2.75, 3.05) is 11.5 Å². The monoisotopic (exact) mass is 235 g/mol. The molecular formula is C9H17NO4S. The molecule has 0 aliphatic rings. The minimum Gasteiger partial charge on any atom is -0.481 e. The predicted molar refractivity (Wildman–Crippen MR) is 58.9 cm³/mol. The van der Waals surface area contributed by atoms with Gasteiger partial charge in [0.1, 0.15) is 0 Å². The van der Waals surface area contributed by atoms with Crippen LogP contribution in [0, 0.1) is 0 Å². The zero-order valence-electron chi connectivity index (χ0n) is 8.90. The number of nitrogens with one attached hydrogen (secondary N) is 1. The van der Waals surface area contributed by atoms with Crippen molar-refractivity contribution < 1.29 is 19.8 Å². The van der Waals surface area contributed by atoms with Crippen LogP contribution in [0.2, 0.25) is 0 Å². The Hall–Kier alpha value is -0.750. The second kappa shape index (κ2) is 7.53. The molecule has 3 N–H and O–H groups in total. The third kappa shape index (κ3) is 9.55. The molecule has 5 nitrogen and oxygen atoms in total. The second-order valence-corrected chi connectivity index (χ2v) is 4.43. The van der Waals surface area contributed by atoms with Gasteiger partial charge in [0, 0.05) is 6.04 Å². The Kier molecular flexibility index (Phi) is 7.15. The van der Waals surface area contributed by atoms with E-state index in [1.165, 1.54) is 0 Å². The fraction of sp³-hybridized carbons (Fsp3) is 0.778. The van der Waals surface area contributed by atoms with Crippen molar-refractivity contribution >= 4 is 23.6 Å².